The highest BCUT2D eigenvalue weighted by Crippen LogP contribution is 2.33. The van der Waals surface area contributed by atoms with E-state index < -0.39 is 12.0 Å². The molecule has 0 atom stereocenters. The Balaban J connectivity index is 1.26. The second kappa shape index (κ2) is 8.14. The van der Waals surface area contributed by atoms with E-state index in [4.69, 9.17) is 4.74 Å². The van der Waals surface area contributed by atoms with Crippen LogP contribution in [0.4, 0.5) is 24.1 Å². The summed E-state index contributed by atoms with van der Waals surface area (Å²) < 4.78 is 46.3. The molecule has 13 heteroatoms. The number of carbonyl (C=O) groups is 1. The Hall–Kier alpha value is -3.48. The zero-order chi connectivity index (χ0) is 23.2. The molecule has 1 aliphatic heterocycles. The lowest BCUT2D eigenvalue weighted by Crippen LogP contribution is -2.38. The van der Waals surface area contributed by atoms with Crippen LogP contribution in [0.25, 0.3) is 15.9 Å². The molecule has 1 amide bonds. The fourth-order valence-corrected chi connectivity index (χ4v) is 4.73. The van der Waals surface area contributed by atoms with Crippen molar-refractivity contribution in [3.05, 3.63) is 36.2 Å². The van der Waals surface area contributed by atoms with E-state index in [0.29, 0.717) is 52.7 Å². The van der Waals surface area contributed by atoms with Gasteiger partial charge in [0.2, 0.25) is 5.91 Å². The Labute approximate surface area is 189 Å². The summed E-state index contributed by atoms with van der Waals surface area (Å²) in [6, 6.07) is 8.65. The van der Waals surface area contributed by atoms with Crippen LogP contribution in [0.15, 0.2) is 30.3 Å². The first-order chi connectivity index (χ1) is 15.8. The van der Waals surface area contributed by atoms with Gasteiger partial charge in [0.05, 0.1) is 11.8 Å². The van der Waals surface area contributed by atoms with Gasteiger partial charge in [-0.2, -0.15) is 17.7 Å². The number of aromatic nitrogens is 5. The number of nitrogens with zero attached hydrogens (tertiary/aromatic N) is 6. The van der Waals surface area contributed by atoms with Gasteiger partial charge in [-0.3, -0.25) is 4.79 Å². The maximum absolute atomic E-state index is 13.1. The Morgan fingerprint density at radius 2 is 1.97 bits per heavy atom. The van der Waals surface area contributed by atoms with E-state index in [1.165, 1.54) is 17.4 Å². The average molecular weight is 477 g/mol. The first-order valence-corrected chi connectivity index (χ1v) is 10.9. The van der Waals surface area contributed by atoms with Crippen molar-refractivity contribution in [1.29, 1.82) is 0 Å². The zero-order valence-corrected chi connectivity index (χ0v) is 18.2. The van der Waals surface area contributed by atoms with Crippen LogP contribution in [-0.2, 0) is 11.0 Å². The summed E-state index contributed by atoms with van der Waals surface area (Å²) in [5, 5.41) is 14.2. The van der Waals surface area contributed by atoms with Gasteiger partial charge in [-0.1, -0.05) is 17.4 Å². The van der Waals surface area contributed by atoms with Crippen molar-refractivity contribution in [3.63, 3.8) is 0 Å². The number of methoxy groups -OCH3 is 1. The Bertz CT molecular complexity index is 1330. The van der Waals surface area contributed by atoms with Crippen LogP contribution in [-0.4, -0.2) is 50.9 Å². The topological polar surface area (TPSA) is 97.5 Å². The van der Waals surface area contributed by atoms with Gasteiger partial charge >= 0.3 is 6.18 Å². The number of amides is 1. The first kappa shape index (κ1) is 21.4. The maximum Gasteiger partial charge on any atom is 0.453 e. The lowest BCUT2D eigenvalue weighted by atomic mass is 9.96. The van der Waals surface area contributed by atoms with Crippen molar-refractivity contribution in [3.8, 4) is 5.75 Å². The Morgan fingerprint density at radius 3 is 2.70 bits per heavy atom. The first-order valence-electron chi connectivity index (χ1n) is 10.1. The molecule has 1 aromatic carbocycles. The van der Waals surface area contributed by atoms with E-state index in [2.05, 4.69) is 25.6 Å². The van der Waals surface area contributed by atoms with E-state index >= 15 is 0 Å². The summed E-state index contributed by atoms with van der Waals surface area (Å²) in [6.45, 7) is 0.960. The minimum absolute atomic E-state index is 0.0211. The average Bonchev–Trinajstić information content (AvgIpc) is 3.42. The van der Waals surface area contributed by atoms with Crippen molar-refractivity contribution >= 4 is 44.1 Å². The molecule has 0 radical (unpaired) electrons. The standard InChI is InChI=1S/C20H18F3N7O2S/c1-32-12-3-2-4-13-16(12)24-19(33-13)25-17(31)11-7-9-29(10-8-11)15-6-5-14-26-27-18(20(21,22)23)30(14)28-15/h2-6,11H,7-10H2,1H3,(H,24,25,31). The summed E-state index contributed by atoms with van der Waals surface area (Å²) in [6.07, 6.45) is -3.58. The number of rotatable bonds is 4. The summed E-state index contributed by atoms with van der Waals surface area (Å²) in [4.78, 5) is 19.1. The lowest BCUT2D eigenvalue weighted by molar-refractivity contribution is -0.146. The fraction of sp³-hybridized carbons (Fsp3) is 0.350. The van der Waals surface area contributed by atoms with Crippen LogP contribution in [0.5, 0.6) is 5.75 Å². The largest absolute Gasteiger partial charge is 0.494 e. The second-order valence-electron chi connectivity index (χ2n) is 7.56. The van der Waals surface area contributed by atoms with Gasteiger partial charge in [0, 0.05) is 19.0 Å². The quantitative estimate of drug-likeness (QED) is 0.480. The lowest BCUT2D eigenvalue weighted by Gasteiger charge is -2.31. The number of nitrogens with one attached hydrogen (secondary N) is 1. The highest BCUT2D eigenvalue weighted by atomic mass is 32.1. The molecule has 1 N–H and O–H groups in total. The molecule has 4 heterocycles. The van der Waals surface area contributed by atoms with Crippen molar-refractivity contribution < 1.29 is 22.7 Å². The molecule has 0 unspecified atom stereocenters. The molecular formula is C20H18F3N7O2S. The molecule has 5 rings (SSSR count). The molecule has 1 fully saturated rings. The van der Waals surface area contributed by atoms with Crippen LogP contribution >= 0.6 is 11.3 Å². The van der Waals surface area contributed by atoms with Gasteiger partial charge < -0.3 is 15.0 Å². The van der Waals surface area contributed by atoms with E-state index in [1.807, 2.05) is 23.1 Å². The van der Waals surface area contributed by atoms with Gasteiger partial charge in [-0.05, 0) is 37.1 Å². The molecule has 0 saturated carbocycles. The zero-order valence-electron chi connectivity index (χ0n) is 17.3. The van der Waals surface area contributed by atoms with E-state index in [0.717, 1.165) is 4.70 Å². The molecule has 9 nitrogen and oxygen atoms in total. The van der Waals surface area contributed by atoms with Gasteiger partial charge in [-0.25, -0.2) is 4.98 Å². The summed E-state index contributed by atoms with van der Waals surface area (Å²) in [7, 11) is 1.57. The number of benzene rings is 1. The van der Waals surface area contributed by atoms with Gasteiger partial charge in [0.1, 0.15) is 17.1 Å². The third-order valence-corrected chi connectivity index (χ3v) is 6.46. The van der Waals surface area contributed by atoms with Crippen LogP contribution in [0.2, 0.25) is 0 Å². The number of alkyl halides is 3. The maximum atomic E-state index is 13.1. The van der Waals surface area contributed by atoms with E-state index in [1.54, 1.807) is 13.2 Å². The number of hydrogen-bond donors (Lipinski definition) is 1. The normalized spacial score (nSPS) is 15.3. The number of para-hydroxylation sites is 1. The monoisotopic (exact) mass is 477 g/mol. The molecule has 4 aromatic rings. The number of thiazole rings is 1. The molecule has 0 bridgehead atoms. The molecule has 0 aliphatic carbocycles. The molecule has 1 aliphatic rings. The Kier molecular flexibility index (Phi) is 5.27. The molecular weight excluding hydrogens is 459 g/mol. The molecule has 1 saturated heterocycles. The predicted octanol–water partition coefficient (Wildman–Crippen LogP) is 3.62. The number of hydrogen-bond acceptors (Lipinski definition) is 8. The summed E-state index contributed by atoms with van der Waals surface area (Å²) >= 11 is 1.37. The summed E-state index contributed by atoms with van der Waals surface area (Å²) in [5.74, 6) is -0.511. The van der Waals surface area contributed by atoms with Crippen LogP contribution in [0.1, 0.15) is 18.7 Å². The number of ether oxygens (including phenoxy) is 1. The van der Waals surface area contributed by atoms with Crippen molar-refractivity contribution in [2.45, 2.75) is 19.0 Å². The molecule has 172 valence electrons. The minimum Gasteiger partial charge on any atom is -0.494 e. The second-order valence-corrected chi connectivity index (χ2v) is 8.59. The van der Waals surface area contributed by atoms with E-state index in [-0.39, 0.29) is 17.5 Å². The number of carbonyl (C=O) groups excluding carboxylic acids is 1. The van der Waals surface area contributed by atoms with Crippen molar-refractivity contribution in [2.75, 3.05) is 30.4 Å². The number of piperidine rings is 1. The smallest absolute Gasteiger partial charge is 0.453 e. The third-order valence-electron chi connectivity index (χ3n) is 5.52. The van der Waals surface area contributed by atoms with Crippen LogP contribution in [0.3, 0.4) is 0 Å². The summed E-state index contributed by atoms with van der Waals surface area (Å²) in [5.41, 5.74) is 0.719. The fourth-order valence-electron chi connectivity index (χ4n) is 3.84. The van der Waals surface area contributed by atoms with Gasteiger partial charge in [0.15, 0.2) is 10.8 Å². The Morgan fingerprint density at radius 1 is 1.18 bits per heavy atom. The van der Waals surface area contributed by atoms with Crippen molar-refractivity contribution in [2.24, 2.45) is 5.92 Å². The van der Waals surface area contributed by atoms with Crippen LogP contribution < -0.4 is 15.0 Å². The predicted molar refractivity (Wildman–Crippen MR) is 116 cm³/mol. The van der Waals surface area contributed by atoms with Gasteiger partial charge in [0.25, 0.3) is 5.82 Å². The molecule has 33 heavy (non-hydrogen) atoms. The highest BCUT2D eigenvalue weighted by Gasteiger charge is 2.38. The number of fused-ring (bicyclic) bond motifs is 2. The molecule has 0 spiro atoms. The third kappa shape index (κ3) is 4.03. The highest BCUT2D eigenvalue weighted by molar-refractivity contribution is 7.22. The van der Waals surface area contributed by atoms with E-state index in [9.17, 15) is 18.0 Å². The van der Waals surface area contributed by atoms with Gasteiger partial charge in [-0.15, -0.1) is 15.3 Å². The van der Waals surface area contributed by atoms with Crippen molar-refractivity contribution in [1.82, 2.24) is 24.8 Å². The van der Waals surface area contributed by atoms with Crippen LogP contribution in [0, 0.1) is 5.92 Å². The SMILES string of the molecule is COc1cccc2sc(NC(=O)C3CCN(c4ccc5nnc(C(F)(F)F)n5n4)CC3)nc12. The molecule has 3 aromatic heterocycles. The minimum atomic E-state index is -4.65. The number of anilines is 2. The number of halogens is 3.